The third kappa shape index (κ3) is 4.05. The summed E-state index contributed by atoms with van der Waals surface area (Å²) in [6.45, 7) is 7.11. The van der Waals surface area contributed by atoms with Crippen LogP contribution in [0.25, 0.3) is 0 Å². The molecular weight excluding hydrogens is 389 g/mol. The Morgan fingerprint density at radius 3 is 2.33 bits per heavy atom. The highest BCUT2D eigenvalue weighted by atomic mass is 19.1. The van der Waals surface area contributed by atoms with Gasteiger partial charge in [0.1, 0.15) is 17.6 Å². The van der Waals surface area contributed by atoms with Crippen LogP contribution in [0.1, 0.15) is 44.0 Å². The number of likely N-dealkylation sites (tertiary alicyclic amines) is 1. The van der Waals surface area contributed by atoms with Crippen molar-refractivity contribution in [3.05, 3.63) is 35.6 Å². The van der Waals surface area contributed by atoms with Crippen LogP contribution in [0.2, 0.25) is 0 Å². The lowest BCUT2D eigenvalue weighted by atomic mass is 9.95. The van der Waals surface area contributed by atoms with Gasteiger partial charge in [0.05, 0.1) is 6.61 Å². The first-order chi connectivity index (χ1) is 14.2. The Hall–Kier alpha value is -2.48. The molecule has 2 aliphatic heterocycles. The SMILES string of the molecule is CCN(C)C(=O)C1COC2(CCN(C(=O)C(C)C)CC2)N1C(=O)c1ccc(F)cc1. The molecule has 0 bridgehead atoms. The summed E-state index contributed by atoms with van der Waals surface area (Å²) in [6, 6.07) is 4.56. The zero-order valence-corrected chi connectivity index (χ0v) is 18.1. The Bertz CT molecular complexity index is 803. The minimum atomic E-state index is -0.950. The van der Waals surface area contributed by atoms with Crippen molar-refractivity contribution < 1.29 is 23.5 Å². The van der Waals surface area contributed by atoms with E-state index in [0.717, 1.165) is 0 Å². The molecule has 2 aliphatic rings. The summed E-state index contributed by atoms with van der Waals surface area (Å²) in [4.78, 5) is 43.7. The second-order valence-electron chi connectivity index (χ2n) is 8.29. The van der Waals surface area contributed by atoms with E-state index in [9.17, 15) is 18.8 Å². The van der Waals surface area contributed by atoms with Gasteiger partial charge in [-0.2, -0.15) is 0 Å². The summed E-state index contributed by atoms with van der Waals surface area (Å²) in [6.07, 6.45) is 0.857. The summed E-state index contributed by atoms with van der Waals surface area (Å²) in [5, 5.41) is 0. The van der Waals surface area contributed by atoms with E-state index in [2.05, 4.69) is 0 Å². The number of ether oxygens (including phenoxy) is 1. The van der Waals surface area contributed by atoms with Gasteiger partial charge < -0.3 is 14.5 Å². The lowest BCUT2D eigenvalue weighted by Crippen LogP contribution is -2.60. The molecular formula is C22H30FN3O4. The summed E-state index contributed by atoms with van der Waals surface area (Å²) in [7, 11) is 1.69. The normalized spacial score (nSPS) is 20.7. The molecule has 164 valence electrons. The fraction of sp³-hybridized carbons (Fsp3) is 0.591. The summed E-state index contributed by atoms with van der Waals surface area (Å²) in [5.41, 5.74) is -0.646. The maximum atomic E-state index is 13.5. The number of likely N-dealkylation sites (N-methyl/N-ethyl adjacent to an activating group) is 1. The smallest absolute Gasteiger partial charge is 0.256 e. The van der Waals surface area contributed by atoms with Gasteiger partial charge in [0.15, 0.2) is 0 Å². The molecule has 1 aromatic carbocycles. The molecule has 1 spiro atoms. The summed E-state index contributed by atoms with van der Waals surface area (Å²) in [5.74, 6) is -1.02. The molecule has 30 heavy (non-hydrogen) atoms. The van der Waals surface area contributed by atoms with E-state index < -0.39 is 17.6 Å². The second-order valence-corrected chi connectivity index (χ2v) is 8.29. The third-order valence-corrected chi connectivity index (χ3v) is 6.06. The number of carbonyl (C=O) groups excluding carboxylic acids is 3. The molecule has 0 aliphatic carbocycles. The molecule has 1 aromatic rings. The number of piperidine rings is 1. The minimum absolute atomic E-state index is 0.0672. The van der Waals surface area contributed by atoms with Crippen LogP contribution in [0.5, 0.6) is 0 Å². The van der Waals surface area contributed by atoms with Gasteiger partial charge in [-0.15, -0.1) is 0 Å². The standard InChI is InChI=1S/C22H30FN3O4/c1-5-24(4)21(29)18-14-30-22(10-12-25(13-11-22)19(27)15(2)3)26(18)20(28)16-6-8-17(23)9-7-16/h6-9,15,18H,5,10-14H2,1-4H3. The Morgan fingerprint density at radius 2 is 1.80 bits per heavy atom. The van der Waals surface area contributed by atoms with Gasteiger partial charge in [0.2, 0.25) is 11.8 Å². The second kappa shape index (κ2) is 8.71. The van der Waals surface area contributed by atoms with E-state index in [1.807, 2.05) is 20.8 Å². The van der Waals surface area contributed by atoms with Crippen LogP contribution in [-0.4, -0.2) is 77.5 Å². The fourth-order valence-corrected chi connectivity index (χ4v) is 4.14. The largest absolute Gasteiger partial charge is 0.353 e. The molecule has 3 rings (SSSR count). The first-order valence-corrected chi connectivity index (χ1v) is 10.5. The monoisotopic (exact) mass is 419 g/mol. The predicted octanol–water partition coefficient (Wildman–Crippen LogP) is 2.12. The minimum Gasteiger partial charge on any atom is -0.353 e. The molecule has 2 fully saturated rings. The quantitative estimate of drug-likeness (QED) is 0.750. The number of amides is 3. The number of halogens is 1. The van der Waals surface area contributed by atoms with Crippen molar-refractivity contribution in [3.8, 4) is 0 Å². The predicted molar refractivity (Wildman–Crippen MR) is 109 cm³/mol. The van der Waals surface area contributed by atoms with Crippen molar-refractivity contribution in [1.82, 2.24) is 14.7 Å². The molecule has 2 heterocycles. The van der Waals surface area contributed by atoms with E-state index in [0.29, 0.717) is 38.0 Å². The molecule has 0 aromatic heterocycles. The van der Waals surface area contributed by atoms with Crippen LogP contribution >= 0.6 is 0 Å². The van der Waals surface area contributed by atoms with Gasteiger partial charge in [-0.1, -0.05) is 13.8 Å². The zero-order valence-electron chi connectivity index (χ0n) is 18.1. The Labute approximate surface area is 176 Å². The van der Waals surface area contributed by atoms with Crippen LogP contribution in [0.4, 0.5) is 4.39 Å². The van der Waals surface area contributed by atoms with Crippen LogP contribution in [0, 0.1) is 11.7 Å². The van der Waals surface area contributed by atoms with Crippen LogP contribution < -0.4 is 0 Å². The number of rotatable bonds is 4. The van der Waals surface area contributed by atoms with Crippen molar-refractivity contribution in [1.29, 1.82) is 0 Å². The van der Waals surface area contributed by atoms with Gasteiger partial charge in [-0.05, 0) is 31.2 Å². The van der Waals surface area contributed by atoms with E-state index in [1.54, 1.807) is 16.8 Å². The molecule has 0 saturated carbocycles. The molecule has 8 heteroatoms. The Kier molecular flexibility index (Phi) is 6.45. The highest BCUT2D eigenvalue weighted by Gasteiger charge is 2.54. The van der Waals surface area contributed by atoms with E-state index >= 15 is 0 Å². The highest BCUT2D eigenvalue weighted by Crippen LogP contribution is 2.39. The Morgan fingerprint density at radius 1 is 1.20 bits per heavy atom. The maximum Gasteiger partial charge on any atom is 0.256 e. The third-order valence-electron chi connectivity index (χ3n) is 6.06. The van der Waals surface area contributed by atoms with Crippen molar-refractivity contribution in [2.24, 2.45) is 5.92 Å². The Balaban J connectivity index is 1.90. The average molecular weight is 419 g/mol. The molecule has 3 amide bonds. The van der Waals surface area contributed by atoms with Gasteiger partial charge in [0, 0.05) is 51.0 Å². The molecule has 0 N–H and O–H groups in total. The average Bonchev–Trinajstić information content (AvgIpc) is 3.11. The maximum absolute atomic E-state index is 13.5. The van der Waals surface area contributed by atoms with E-state index in [4.69, 9.17) is 4.74 Å². The first kappa shape index (κ1) is 22.2. The fourth-order valence-electron chi connectivity index (χ4n) is 4.14. The van der Waals surface area contributed by atoms with Crippen molar-refractivity contribution in [3.63, 3.8) is 0 Å². The summed E-state index contributed by atoms with van der Waals surface area (Å²) < 4.78 is 19.5. The molecule has 1 atom stereocenters. The van der Waals surface area contributed by atoms with Gasteiger partial charge in [-0.25, -0.2) is 4.39 Å². The zero-order chi connectivity index (χ0) is 22.1. The summed E-state index contributed by atoms with van der Waals surface area (Å²) >= 11 is 0. The first-order valence-electron chi connectivity index (χ1n) is 10.5. The number of benzene rings is 1. The van der Waals surface area contributed by atoms with Crippen molar-refractivity contribution in [2.45, 2.75) is 45.4 Å². The van der Waals surface area contributed by atoms with Crippen LogP contribution in [-0.2, 0) is 14.3 Å². The lowest BCUT2D eigenvalue weighted by molar-refractivity contribution is -0.147. The number of hydrogen-bond donors (Lipinski definition) is 0. The number of carbonyl (C=O) groups is 3. The lowest BCUT2D eigenvalue weighted by Gasteiger charge is -2.45. The molecule has 7 nitrogen and oxygen atoms in total. The van der Waals surface area contributed by atoms with E-state index in [-0.39, 0.29) is 30.2 Å². The van der Waals surface area contributed by atoms with Crippen LogP contribution in [0.3, 0.4) is 0 Å². The van der Waals surface area contributed by atoms with Crippen molar-refractivity contribution >= 4 is 17.7 Å². The molecule has 2 saturated heterocycles. The van der Waals surface area contributed by atoms with Gasteiger partial charge in [-0.3, -0.25) is 19.3 Å². The topological polar surface area (TPSA) is 70.2 Å². The van der Waals surface area contributed by atoms with Gasteiger partial charge >= 0.3 is 0 Å². The van der Waals surface area contributed by atoms with Crippen molar-refractivity contribution in [2.75, 3.05) is 33.3 Å². The number of hydrogen-bond acceptors (Lipinski definition) is 4. The van der Waals surface area contributed by atoms with E-state index in [1.165, 1.54) is 29.2 Å². The molecule has 0 radical (unpaired) electrons. The number of nitrogens with zero attached hydrogens (tertiary/aromatic N) is 3. The van der Waals surface area contributed by atoms with Gasteiger partial charge in [0.25, 0.3) is 5.91 Å². The molecule has 1 unspecified atom stereocenters. The highest BCUT2D eigenvalue weighted by molar-refractivity contribution is 5.98. The van der Waals surface area contributed by atoms with Crippen LogP contribution in [0.15, 0.2) is 24.3 Å².